The number of ether oxygens (including phenoxy) is 1. The molecule has 0 spiro atoms. The summed E-state index contributed by atoms with van der Waals surface area (Å²) >= 11 is 0. The van der Waals surface area contributed by atoms with E-state index in [4.69, 9.17) is 4.74 Å². The van der Waals surface area contributed by atoms with E-state index in [1.165, 1.54) is 19.3 Å². The van der Waals surface area contributed by atoms with E-state index in [0.29, 0.717) is 5.57 Å². The van der Waals surface area contributed by atoms with Crippen molar-refractivity contribution in [2.45, 2.75) is 45.1 Å². The molecule has 0 radical (unpaired) electrons. The summed E-state index contributed by atoms with van der Waals surface area (Å²) < 4.78 is 5.21. The van der Waals surface area contributed by atoms with Crippen molar-refractivity contribution in [1.82, 2.24) is 0 Å². The second kappa shape index (κ2) is 10.4. The molecule has 0 amide bonds. The zero-order chi connectivity index (χ0) is 8.97. The Balaban J connectivity index is -0.000000480. The molecule has 0 aromatic carbocycles. The van der Waals surface area contributed by atoms with E-state index in [0.717, 1.165) is 12.8 Å². The maximum absolute atomic E-state index is 11.1. The van der Waals surface area contributed by atoms with Crippen LogP contribution in [-0.2, 0) is 42.2 Å². The van der Waals surface area contributed by atoms with Gasteiger partial charge in [0.05, 0.1) is 0 Å². The second-order valence-electron chi connectivity index (χ2n) is 3.45. The van der Waals surface area contributed by atoms with Gasteiger partial charge in [-0.25, -0.2) is 4.79 Å². The molecule has 15 heavy (non-hydrogen) atoms. The van der Waals surface area contributed by atoms with Gasteiger partial charge in [-0.15, -0.1) is 0 Å². The van der Waals surface area contributed by atoms with E-state index in [2.05, 4.69) is 6.58 Å². The first-order valence-electron chi connectivity index (χ1n) is 4.56. The number of esters is 1. The third-order valence-electron chi connectivity index (χ3n) is 2.17. The van der Waals surface area contributed by atoms with Crippen LogP contribution in [0.25, 0.3) is 0 Å². The quantitative estimate of drug-likeness (QED) is 0.426. The molecule has 4 nitrogen and oxygen atoms in total. The molecule has 1 aliphatic rings. The van der Waals surface area contributed by atoms with Gasteiger partial charge in [-0.2, -0.15) is 0 Å². The Labute approximate surface area is 106 Å². The van der Waals surface area contributed by atoms with Crippen LogP contribution in [0.4, 0.5) is 0 Å². The SMILES string of the molecule is C=C(C)C(=O)OC1CCCCC1.[O-2].[O-2].[Ti+4]. The van der Waals surface area contributed by atoms with Gasteiger partial charge in [-0.1, -0.05) is 13.0 Å². The molecule has 1 aliphatic carbocycles. The Morgan fingerprint density at radius 1 is 1.20 bits per heavy atom. The first kappa shape index (κ1) is 20.3. The molecular formula is C10H16O4Ti. The molecule has 0 saturated heterocycles. The molecule has 1 rings (SSSR count). The Morgan fingerprint density at radius 2 is 1.67 bits per heavy atom. The Bertz CT molecular complexity index is 188. The summed E-state index contributed by atoms with van der Waals surface area (Å²) in [6.07, 6.45) is 5.87. The van der Waals surface area contributed by atoms with Crippen LogP contribution in [0.15, 0.2) is 12.2 Å². The summed E-state index contributed by atoms with van der Waals surface area (Å²) in [5.74, 6) is -0.234. The van der Waals surface area contributed by atoms with E-state index >= 15 is 0 Å². The number of hydrogen-bond donors (Lipinski definition) is 0. The maximum Gasteiger partial charge on any atom is 4.00 e. The van der Waals surface area contributed by atoms with Crippen molar-refractivity contribution in [3.63, 3.8) is 0 Å². The van der Waals surface area contributed by atoms with Crippen molar-refractivity contribution in [2.75, 3.05) is 0 Å². The minimum absolute atomic E-state index is 0. The van der Waals surface area contributed by atoms with Gasteiger partial charge >= 0.3 is 27.7 Å². The summed E-state index contributed by atoms with van der Waals surface area (Å²) in [5.41, 5.74) is 0.501. The molecular weight excluding hydrogens is 232 g/mol. The van der Waals surface area contributed by atoms with Crippen LogP contribution in [0, 0.1) is 0 Å². The summed E-state index contributed by atoms with van der Waals surface area (Å²) in [7, 11) is 0. The predicted molar refractivity (Wildman–Crippen MR) is 49.2 cm³/mol. The summed E-state index contributed by atoms with van der Waals surface area (Å²) in [5, 5.41) is 0. The fourth-order valence-electron chi connectivity index (χ4n) is 1.43. The van der Waals surface area contributed by atoms with E-state index < -0.39 is 0 Å². The minimum atomic E-state index is -0.234. The third kappa shape index (κ3) is 7.74. The molecule has 0 aromatic heterocycles. The van der Waals surface area contributed by atoms with E-state index in [1.807, 2.05) is 0 Å². The standard InChI is InChI=1S/C10H16O2.2O.Ti/c1-8(2)10(11)12-9-6-4-3-5-7-9;;;/h9H,1,3-7H2,2H3;;;/q;2*-2;+4. The van der Waals surface area contributed by atoms with E-state index in [-0.39, 0.29) is 44.7 Å². The minimum Gasteiger partial charge on any atom is -2.00 e. The van der Waals surface area contributed by atoms with Crippen molar-refractivity contribution >= 4 is 5.97 Å². The van der Waals surface area contributed by atoms with Gasteiger partial charge in [0.2, 0.25) is 0 Å². The van der Waals surface area contributed by atoms with Crippen LogP contribution in [0.5, 0.6) is 0 Å². The van der Waals surface area contributed by atoms with Gasteiger partial charge in [-0.05, 0) is 32.6 Å². The molecule has 0 bridgehead atoms. The van der Waals surface area contributed by atoms with Crippen molar-refractivity contribution in [2.24, 2.45) is 0 Å². The average Bonchev–Trinajstić information content (AvgIpc) is 2.06. The molecule has 0 aromatic rings. The third-order valence-corrected chi connectivity index (χ3v) is 2.17. The van der Waals surface area contributed by atoms with Crippen molar-refractivity contribution in [1.29, 1.82) is 0 Å². The Hall–Kier alpha value is -0.156. The van der Waals surface area contributed by atoms with E-state index in [9.17, 15) is 4.79 Å². The number of carbonyl (C=O) groups excluding carboxylic acids is 1. The number of rotatable bonds is 2. The van der Waals surface area contributed by atoms with Gasteiger partial charge in [0.1, 0.15) is 6.10 Å². The van der Waals surface area contributed by atoms with E-state index in [1.54, 1.807) is 6.92 Å². The first-order valence-corrected chi connectivity index (χ1v) is 4.56. The van der Waals surface area contributed by atoms with Crippen LogP contribution in [-0.4, -0.2) is 12.1 Å². The molecule has 1 fully saturated rings. The van der Waals surface area contributed by atoms with Crippen LogP contribution in [0.2, 0.25) is 0 Å². The maximum atomic E-state index is 11.1. The fraction of sp³-hybridized carbons (Fsp3) is 0.700. The fourth-order valence-corrected chi connectivity index (χ4v) is 1.43. The topological polar surface area (TPSA) is 83.3 Å². The molecule has 0 heterocycles. The number of carbonyl (C=O) groups is 1. The molecule has 0 atom stereocenters. The first-order chi connectivity index (χ1) is 5.70. The van der Waals surface area contributed by atoms with Gasteiger partial charge in [-0.3, -0.25) is 0 Å². The van der Waals surface area contributed by atoms with Crippen LogP contribution >= 0.6 is 0 Å². The van der Waals surface area contributed by atoms with Gasteiger partial charge < -0.3 is 15.7 Å². The summed E-state index contributed by atoms with van der Waals surface area (Å²) in [4.78, 5) is 11.1. The molecule has 5 heteroatoms. The zero-order valence-electron chi connectivity index (χ0n) is 8.95. The van der Waals surface area contributed by atoms with Crippen LogP contribution in [0.3, 0.4) is 0 Å². The normalized spacial score (nSPS) is 15.0. The van der Waals surface area contributed by atoms with Crippen molar-refractivity contribution < 1.29 is 42.2 Å². The molecule has 0 N–H and O–H groups in total. The average molecular weight is 248 g/mol. The molecule has 1 saturated carbocycles. The van der Waals surface area contributed by atoms with Crippen molar-refractivity contribution in [3.05, 3.63) is 12.2 Å². The Morgan fingerprint density at radius 3 is 2.07 bits per heavy atom. The van der Waals surface area contributed by atoms with Gasteiger partial charge in [0.25, 0.3) is 0 Å². The molecule has 0 unspecified atom stereocenters. The van der Waals surface area contributed by atoms with Crippen molar-refractivity contribution in [3.8, 4) is 0 Å². The summed E-state index contributed by atoms with van der Waals surface area (Å²) in [6, 6.07) is 0. The van der Waals surface area contributed by atoms with Crippen LogP contribution < -0.4 is 0 Å². The monoisotopic (exact) mass is 248 g/mol. The van der Waals surface area contributed by atoms with Gasteiger partial charge in [0, 0.05) is 5.57 Å². The molecule has 84 valence electrons. The summed E-state index contributed by atoms with van der Waals surface area (Å²) in [6.45, 7) is 5.23. The smallest absolute Gasteiger partial charge is 2.00 e. The zero-order valence-corrected chi connectivity index (χ0v) is 10.5. The predicted octanol–water partition coefficient (Wildman–Crippen LogP) is 2.20. The second-order valence-corrected chi connectivity index (χ2v) is 3.45. The molecule has 0 aliphatic heterocycles. The largest absolute Gasteiger partial charge is 4.00 e. The Kier molecular flexibility index (Phi) is 14.0. The number of hydrogen-bond acceptors (Lipinski definition) is 2. The van der Waals surface area contributed by atoms with Crippen LogP contribution in [0.1, 0.15) is 39.0 Å². The van der Waals surface area contributed by atoms with Gasteiger partial charge in [0.15, 0.2) is 0 Å².